The van der Waals surface area contributed by atoms with Crippen LogP contribution in [0, 0.1) is 0 Å². The fourth-order valence-electron chi connectivity index (χ4n) is 3.27. The van der Waals surface area contributed by atoms with Crippen LogP contribution in [0.3, 0.4) is 0 Å². The van der Waals surface area contributed by atoms with Gasteiger partial charge >= 0.3 is 0 Å². The fraction of sp³-hybridized carbons (Fsp3) is 0.0400. The molecule has 0 fully saturated rings. The van der Waals surface area contributed by atoms with Gasteiger partial charge in [0.1, 0.15) is 0 Å². The standard InChI is InChI=1S/C25H21N/c1-19-17-22(13-7-12-21-11-5-6-16-25(21)26-19)24-15-8-14-23(18-24)20-9-3-2-4-10-20/h2-11,13-18,26H,1,12H2/b13-7-,22-17+. The van der Waals surface area contributed by atoms with Gasteiger partial charge in [0.2, 0.25) is 0 Å². The molecule has 3 aromatic carbocycles. The Morgan fingerprint density at radius 3 is 2.35 bits per heavy atom. The lowest BCUT2D eigenvalue weighted by Crippen LogP contribution is -1.98. The van der Waals surface area contributed by atoms with E-state index in [9.17, 15) is 0 Å². The first-order valence-corrected chi connectivity index (χ1v) is 8.87. The van der Waals surface area contributed by atoms with Crippen LogP contribution in [-0.2, 0) is 6.42 Å². The largest absolute Gasteiger partial charge is 0.356 e. The highest BCUT2D eigenvalue weighted by atomic mass is 14.9. The Morgan fingerprint density at radius 2 is 1.46 bits per heavy atom. The second-order valence-electron chi connectivity index (χ2n) is 6.46. The number of hydrogen-bond donors (Lipinski definition) is 1. The van der Waals surface area contributed by atoms with Crippen molar-refractivity contribution < 1.29 is 0 Å². The number of allylic oxidation sites excluding steroid dienone is 4. The zero-order chi connectivity index (χ0) is 17.8. The third-order valence-electron chi connectivity index (χ3n) is 4.58. The average Bonchev–Trinajstić information content (AvgIpc) is 2.77. The summed E-state index contributed by atoms with van der Waals surface area (Å²) in [5.74, 6) is 0. The van der Waals surface area contributed by atoms with Crippen LogP contribution in [0.15, 0.2) is 109 Å². The van der Waals surface area contributed by atoms with Crippen molar-refractivity contribution in [3.63, 3.8) is 0 Å². The van der Waals surface area contributed by atoms with Crippen molar-refractivity contribution in [3.05, 3.63) is 120 Å². The van der Waals surface area contributed by atoms with E-state index in [0.717, 1.165) is 23.4 Å². The molecule has 1 N–H and O–H groups in total. The minimum absolute atomic E-state index is 0.893. The van der Waals surface area contributed by atoms with Crippen LogP contribution < -0.4 is 5.32 Å². The lowest BCUT2D eigenvalue weighted by atomic mass is 9.98. The van der Waals surface area contributed by atoms with Crippen LogP contribution in [0.1, 0.15) is 11.1 Å². The quantitative estimate of drug-likeness (QED) is 0.565. The molecule has 0 atom stereocenters. The van der Waals surface area contributed by atoms with E-state index in [0.29, 0.717) is 0 Å². The van der Waals surface area contributed by atoms with Gasteiger partial charge in [0.25, 0.3) is 0 Å². The van der Waals surface area contributed by atoms with Crippen molar-refractivity contribution in [2.24, 2.45) is 0 Å². The third kappa shape index (κ3) is 3.52. The summed E-state index contributed by atoms with van der Waals surface area (Å²) in [5.41, 5.74) is 8.09. The van der Waals surface area contributed by atoms with Gasteiger partial charge in [-0.1, -0.05) is 85.5 Å². The van der Waals surface area contributed by atoms with Gasteiger partial charge in [-0.05, 0) is 52.5 Å². The first-order chi connectivity index (χ1) is 12.8. The molecular formula is C25H21N. The molecule has 1 heterocycles. The van der Waals surface area contributed by atoms with Gasteiger partial charge in [-0.2, -0.15) is 0 Å². The van der Waals surface area contributed by atoms with Crippen LogP contribution in [0.5, 0.6) is 0 Å². The van der Waals surface area contributed by atoms with Crippen molar-refractivity contribution >= 4 is 11.3 Å². The molecule has 0 aromatic heterocycles. The number of nitrogens with one attached hydrogen (secondary N) is 1. The van der Waals surface area contributed by atoms with Crippen molar-refractivity contribution in [2.45, 2.75) is 6.42 Å². The van der Waals surface area contributed by atoms with Crippen LogP contribution in [0.2, 0.25) is 0 Å². The molecule has 4 rings (SSSR count). The molecule has 0 saturated heterocycles. The van der Waals surface area contributed by atoms with Crippen molar-refractivity contribution in [1.29, 1.82) is 0 Å². The van der Waals surface area contributed by atoms with Gasteiger partial charge < -0.3 is 5.32 Å². The maximum atomic E-state index is 4.19. The topological polar surface area (TPSA) is 12.0 Å². The summed E-state index contributed by atoms with van der Waals surface area (Å²) < 4.78 is 0. The minimum atomic E-state index is 0.893. The van der Waals surface area contributed by atoms with Crippen LogP contribution >= 0.6 is 0 Å². The van der Waals surface area contributed by atoms with Gasteiger partial charge in [0.05, 0.1) is 0 Å². The normalized spacial score (nSPS) is 16.9. The van der Waals surface area contributed by atoms with Crippen molar-refractivity contribution in [1.82, 2.24) is 0 Å². The Morgan fingerprint density at radius 1 is 0.731 bits per heavy atom. The van der Waals surface area contributed by atoms with E-state index in [-0.39, 0.29) is 0 Å². The first kappa shape index (κ1) is 16.2. The molecule has 0 spiro atoms. The van der Waals surface area contributed by atoms with Crippen molar-refractivity contribution in [2.75, 3.05) is 5.32 Å². The average molecular weight is 335 g/mol. The van der Waals surface area contributed by atoms with Gasteiger partial charge in [0, 0.05) is 11.4 Å². The smallest absolute Gasteiger partial charge is 0.0419 e. The lowest BCUT2D eigenvalue weighted by Gasteiger charge is -2.11. The zero-order valence-corrected chi connectivity index (χ0v) is 14.7. The number of anilines is 1. The second-order valence-corrected chi connectivity index (χ2v) is 6.46. The molecule has 126 valence electrons. The molecule has 0 amide bonds. The van der Waals surface area contributed by atoms with E-state index in [4.69, 9.17) is 0 Å². The highest BCUT2D eigenvalue weighted by molar-refractivity contribution is 5.80. The summed E-state index contributed by atoms with van der Waals surface area (Å²) in [6.07, 6.45) is 7.42. The van der Waals surface area contributed by atoms with Gasteiger partial charge in [-0.15, -0.1) is 0 Å². The summed E-state index contributed by atoms with van der Waals surface area (Å²) >= 11 is 0. The maximum absolute atomic E-state index is 4.19. The molecule has 0 unspecified atom stereocenters. The van der Waals surface area contributed by atoms with Crippen LogP contribution in [-0.4, -0.2) is 0 Å². The third-order valence-corrected chi connectivity index (χ3v) is 4.58. The molecule has 0 aliphatic carbocycles. The first-order valence-electron chi connectivity index (χ1n) is 8.87. The zero-order valence-electron chi connectivity index (χ0n) is 14.7. The van der Waals surface area contributed by atoms with Gasteiger partial charge in [-0.3, -0.25) is 0 Å². The number of benzene rings is 3. The maximum Gasteiger partial charge on any atom is 0.0419 e. The Bertz CT molecular complexity index is 993. The SMILES string of the molecule is C=C1/C=C(c2cccc(-c3ccccc3)c2)\C=C/Cc2ccccc2N1. The molecule has 0 bridgehead atoms. The van der Waals surface area contributed by atoms with Gasteiger partial charge in [-0.25, -0.2) is 0 Å². The summed E-state index contributed by atoms with van der Waals surface area (Å²) in [4.78, 5) is 0. The van der Waals surface area contributed by atoms with E-state index in [2.05, 4.69) is 103 Å². The lowest BCUT2D eigenvalue weighted by molar-refractivity contribution is 1.26. The molecule has 0 saturated carbocycles. The molecule has 1 nitrogen and oxygen atoms in total. The molecule has 26 heavy (non-hydrogen) atoms. The highest BCUT2D eigenvalue weighted by Crippen LogP contribution is 2.27. The molecule has 1 aliphatic heterocycles. The summed E-state index contributed by atoms with van der Waals surface area (Å²) in [7, 11) is 0. The van der Waals surface area contributed by atoms with Crippen molar-refractivity contribution in [3.8, 4) is 11.1 Å². The summed E-state index contributed by atoms with van der Waals surface area (Å²) in [6.45, 7) is 4.19. The molecule has 1 aliphatic rings. The fourth-order valence-corrected chi connectivity index (χ4v) is 3.27. The Kier molecular flexibility index (Phi) is 4.53. The number of para-hydroxylation sites is 1. The van der Waals surface area contributed by atoms with E-state index >= 15 is 0 Å². The van der Waals surface area contributed by atoms with E-state index in [1.807, 2.05) is 6.07 Å². The predicted octanol–water partition coefficient (Wildman–Crippen LogP) is 6.48. The summed E-state index contributed by atoms with van der Waals surface area (Å²) in [5, 5.41) is 3.44. The Hall–Kier alpha value is -3.32. The Balaban J connectivity index is 1.71. The Labute approximate surface area is 155 Å². The molecule has 3 aromatic rings. The van der Waals surface area contributed by atoms with E-state index in [1.165, 1.54) is 22.3 Å². The van der Waals surface area contributed by atoms with E-state index < -0.39 is 0 Å². The second kappa shape index (κ2) is 7.28. The molecular weight excluding hydrogens is 314 g/mol. The number of rotatable bonds is 2. The highest BCUT2D eigenvalue weighted by Gasteiger charge is 2.07. The predicted molar refractivity (Wildman–Crippen MR) is 112 cm³/mol. The van der Waals surface area contributed by atoms with Gasteiger partial charge in [0.15, 0.2) is 0 Å². The number of hydrogen-bond acceptors (Lipinski definition) is 1. The monoisotopic (exact) mass is 335 g/mol. The minimum Gasteiger partial charge on any atom is -0.356 e. The van der Waals surface area contributed by atoms with Crippen LogP contribution in [0.4, 0.5) is 5.69 Å². The summed E-state index contributed by atoms with van der Waals surface area (Å²) in [6, 6.07) is 27.5. The van der Waals surface area contributed by atoms with Crippen LogP contribution in [0.25, 0.3) is 16.7 Å². The molecule has 0 radical (unpaired) electrons. The molecule has 1 heteroatoms. The number of fused-ring (bicyclic) bond motifs is 1. The van der Waals surface area contributed by atoms with E-state index in [1.54, 1.807) is 0 Å².